The van der Waals surface area contributed by atoms with Crippen LogP contribution in [0.4, 0.5) is 4.39 Å². The first-order chi connectivity index (χ1) is 9.20. The highest BCUT2D eigenvalue weighted by Gasteiger charge is 2.23. The quantitative estimate of drug-likeness (QED) is 0.877. The minimum Gasteiger partial charge on any atom is -0.459 e. The Morgan fingerprint density at radius 3 is 2.84 bits per heavy atom. The van der Waals surface area contributed by atoms with Gasteiger partial charge in [0.25, 0.3) is 0 Å². The molecule has 2 aromatic rings. The number of nitrogens with one attached hydrogen (secondary N) is 1. The molecule has 1 heterocycles. The van der Waals surface area contributed by atoms with Gasteiger partial charge in [0.1, 0.15) is 17.2 Å². The first kappa shape index (κ1) is 12.7. The highest BCUT2D eigenvalue weighted by Crippen LogP contribution is 2.32. The molecule has 2 nitrogen and oxygen atoms in total. The van der Waals surface area contributed by atoms with E-state index in [2.05, 4.69) is 12.2 Å². The molecule has 1 N–H and O–H groups in total. The van der Waals surface area contributed by atoms with Gasteiger partial charge in [0.05, 0.1) is 11.9 Å². The van der Waals surface area contributed by atoms with Gasteiger partial charge in [-0.2, -0.15) is 0 Å². The van der Waals surface area contributed by atoms with Gasteiger partial charge in [-0.1, -0.05) is 19.4 Å². The summed E-state index contributed by atoms with van der Waals surface area (Å²) < 4.78 is 20.0. The lowest BCUT2D eigenvalue weighted by Gasteiger charge is -2.03. The van der Waals surface area contributed by atoms with Gasteiger partial charge in [-0.15, -0.1) is 0 Å². The van der Waals surface area contributed by atoms with Gasteiger partial charge in [-0.05, 0) is 37.8 Å². The summed E-state index contributed by atoms with van der Waals surface area (Å²) in [7, 11) is 0. The third kappa shape index (κ3) is 2.39. The molecule has 1 aliphatic carbocycles. The standard InChI is InChI=1S/C16H20FNO/c1-3-4-12-14(9-18-11-6-7-11)19-16-10(2)5-8-13(17)15(12)16/h5,8,11,18H,3-4,6-7,9H2,1-2H3. The number of rotatable bonds is 5. The van der Waals surface area contributed by atoms with E-state index in [4.69, 9.17) is 4.42 Å². The van der Waals surface area contributed by atoms with Crippen LogP contribution < -0.4 is 5.32 Å². The molecule has 0 atom stereocenters. The molecule has 0 unspecified atom stereocenters. The Morgan fingerprint density at radius 1 is 1.37 bits per heavy atom. The molecule has 1 saturated carbocycles. The molecule has 1 aliphatic rings. The molecule has 3 heteroatoms. The molecule has 0 saturated heterocycles. The van der Waals surface area contributed by atoms with Gasteiger partial charge in [0.2, 0.25) is 0 Å². The van der Waals surface area contributed by atoms with Crippen molar-refractivity contribution in [2.75, 3.05) is 0 Å². The number of aryl methyl sites for hydroxylation is 2. The average Bonchev–Trinajstić information content (AvgIpc) is 3.15. The fourth-order valence-electron chi connectivity index (χ4n) is 2.58. The predicted octanol–water partition coefficient (Wildman–Crippen LogP) is 4.08. The molecule has 1 aromatic carbocycles. The van der Waals surface area contributed by atoms with Crippen molar-refractivity contribution in [2.24, 2.45) is 0 Å². The second-order valence-corrected chi connectivity index (χ2v) is 5.48. The summed E-state index contributed by atoms with van der Waals surface area (Å²) in [5, 5.41) is 4.14. The monoisotopic (exact) mass is 261 g/mol. The van der Waals surface area contributed by atoms with E-state index in [0.29, 0.717) is 18.0 Å². The van der Waals surface area contributed by atoms with E-state index in [0.717, 1.165) is 35.3 Å². The largest absolute Gasteiger partial charge is 0.459 e. The first-order valence-electron chi connectivity index (χ1n) is 7.13. The van der Waals surface area contributed by atoms with Crippen molar-refractivity contribution in [3.63, 3.8) is 0 Å². The van der Waals surface area contributed by atoms with Crippen molar-refractivity contribution >= 4 is 11.0 Å². The highest BCUT2D eigenvalue weighted by atomic mass is 19.1. The van der Waals surface area contributed by atoms with Crippen LogP contribution in [0, 0.1) is 12.7 Å². The second-order valence-electron chi connectivity index (χ2n) is 5.48. The van der Waals surface area contributed by atoms with E-state index in [9.17, 15) is 4.39 Å². The minimum absolute atomic E-state index is 0.162. The van der Waals surface area contributed by atoms with Crippen LogP contribution in [0.1, 0.15) is 43.1 Å². The van der Waals surface area contributed by atoms with Crippen molar-refractivity contribution in [2.45, 2.75) is 52.1 Å². The molecule has 0 radical (unpaired) electrons. The maximum absolute atomic E-state index is 14.1. The van der Waals surface area contributed by atoms with Crippen LogP contribution >= 0.6 is 0 Å². The summed E-state index contributed by atoms with van der Waals surface area (Å²) in [5.74, 6) is 0.752. The van der Waals surface area contributed by atoms with Gasteiger partial charge in [0, 0.05) is 11.6 Å². The molecule has 1 fully saturated rings. The van der Waals surface area contributed by atoms with E-state index >= 15 is 0 Å². The Bertz CT molecular complexity index is 598. The summed E-state index contributed by atoms with van der Waals surface area (Å²) in [6.45, 7) is 4.80. The van der Waals surface area contributed by atoms with Gasteiger partial charge < -0.3 is 9.73 Å². The molecule has 1 aromatic heterocycles. The zero-order chi connectivity index (χ0) is 13.4. The summed E-state index contributed by atoms with van der Waals surface area (Å²) >= 11 is 0. The summed E-state index contributed by atoms with van der Waals surface area (Å²) in [5.41, 5.74) is 2.77. The van der Waals surface area contributed by atoms with Crippen molar-refractivity contribution in [3.8, 4) is 0 Å². The molecule has 102 valence electrons. The zero-order valence-electron chi connectivity index (χ0n) is 11.6. The van der Waals surface area contributed by atoms with Crippen LogP contribution in [0.2, 0.25) is 0 Å². The molecule has 3 rings (SSSR count). The normalized spacial score (nSPS) is 15.3. The van der Waals surface area contributed by atoms with Gasteiger partial charge in [-0.3, -0.25) is 0 Å². The topological polar surface area (TPSA) is 25.2 Å². The van der Waals surface area contributed by atoms with E-state index in [1.54, 1.807) is 12.1 Å². The highest BCUT2D eigenvalue weighted by molar-refractivity contribution is 5.85. The van der Waals surface area contributed by atoms with Gasteiger partial charge >= 0.3 is 0 Å². The molecular formula is C16H20FNO. The van der Waals surface area contributed by atoms with Crippen molar-refractivity contribution in [1.82, 2.24) is 5.32 Å². The average molecular weight is 261 g/mol. The van der Waals surface area contributed by atoms with E-state index in [-0.39, 0.29) is 5.82 Å². The number of halogens is 1. The Morgan fingerprint density at radius 2 is 2.16 bits per heavy atom. The van der Waals surface area contributed by atoms with Crippen LogP contribution in [-0.4, -0.2) is 6.04 Å². The van der Waals surface area contributed by atoms with Crippen LogP contribution in [0.25, 0.3) is 11.0 Å². The van der Waals surface area contributed by atoms with Gasteiger partial charge in [0.15, 0.2) is 0 Å². The molecule has 0 amide bonds. The predicted molar refractivity (Wildman–Crippen MR) is 74.8 cm³/mol. The molecule has 0 bridgehead atoms. The zero-order valence-corrected chi connectivity index (χ0v) is 11.6. The van der Waals surface area contributed by atoms with Crippen molar-refractivity contribution < 1.29 is 8.81 Å². The number of fused-ring (bicyclic) bond motifs is 1. The molecular weight excluding hydrogens is 241 g/mol. The number of hydrogen-bond acceptors (Lipinski definition) is 2. The maximum atomic E-state index is 14.1. The van der Waals surface area contributed by atoms with Gasteiger partial charge in [-0.25, -0.2) is 4.39 Å². The summed E-state index contributed by atoms with van der Waals surface area (Å²) in [6.07, 6.45) is 4.36. The van der Waals surface area contributed by atoms with Crippen LogP contribution in [0.15, 0.2) is 16.5 Å². The van der Waals surface area contributed by atoms with Crippen LogP contribution in [0.3, 0.4) is 0 Å². The smallest absolute Gasteiger partial charge is 0.140 e. The van der Waals surface area contributed by atoms with Crippen molar-refractivity contribution in [1.29, 1.82) is 0 Å². The van der Waals surface area contributed by atoms with Crippen LogP contribution in [0.5, 0.6) is 0 Å². The SMILES string of the molecule is CCCc1c(CNC2CC2)oc2c(C)ccc(F)c12. The Hall–Kier alpha value is -1.35. The fraction of sp³-hybridized carbons (Fsp3) is 0.500. The number of furan rings is 1. The summed E-state index contributed by atoms with van der Waals surface area (Å²) in [6, 6.07) is 3.97. The maximum Gasteiger partial charge on any atom is 0.140 e. The number of benzene rings is 1. The first-order valence-corrected chi connectivity index (χ1v) is 7.13. The fourth-order valence-corrected chi connectivity index (χ4v) is 2.58. The minimum atomic E-state index is -0.162. The summed E-state index contributed by atoms with van der Waals surface area (Å²) in [4.78, 5) is 0. The van der Waals surface area contributed by atoms with E-state index in [1.165, 1.54) is 12.8 Å². The lowest BCUT2D eigenvalue weighted by atomic mass is 10.0. The molecule has 0 aliphatic heterocycles. The van der Waals surface area contributed by atoms with Crippen molar-refractivity contribution in [3.05, 3.63) is 34.8 Å². The van der Waals surface area contributed by atoms with E-state index < -0.39 is 0 Å². The third-order valence-corrected chi connectivity index (χ3v) is 3.80. The molecule has 19 heavy (non-hydrogen) atoms. The Balaban J connectivity index is 2.05. The second kappa shape index (κ2) is 4.97. The number of hydrogen-bond donors (Lipinski definition) is 1. The lowest BCUT2D eigenvalue weighted by molar-refractivity contribution is 0.504. The molecule has 0 spiro atoms. The van der Waals surface area contributed by atoms with Crippen LogP contribution in [-0.2, 0) is 13.0 Å². The Labute approximate surface area is 113 Å². The third-order valence-electron chi connectivity index (χ3n) is 3.80. The van der Waals surface area contributed by atoms with E-state index in [1.807, 2.05) is 6.92 Å². The Kier molecular flexibility index (Phi) is 3.31. The lowest BCUT2D eigenvalue weighted by Crippen LogP contribution is -2.15.